The minimum absolute atomic E-state index is 0.233. The molecule has 0 spiro atoms. The van der Waals surface area contributed by atoms with Crippen molar-refractivity contribution in [3.8, 4) is 0 Å². The molecule has 2 saturated carbocycles. The van der Waals surface area contributed by atoms with Crippen LogP contribution in [0.2, 0.25) is 0 Å². The average Bonchev–Trinajstić information content (AvgIpc) is 3.66. The van der Waals surface area contributed by atoms with Crippen LogP contribution in [0.1, 0.15) is 75.7 Å². The number of esters is 4. The summed E-state index contributed by atoms with van der Waals surface area (Å²) < 4.78 is 29.9. The second kappa shape index (κ2) is 10.4. The molecule has 0 aromatic carbocycles. The molecule has 4 rings (SSSR count). The van der Waals surface area contributed by atoms with Crippen LogP contribution in [0.4, 0.5) is 0 Å². The molecule has 0 amide bonds. The van der Waals surface area contributed by atoms with Crippen molar-refractivity contribution in [2.75, 3.05) is 0 Å². The molecule has 41 heavy (non-hydrogen) atoms. The molecule has 1 heterocycles. The molecule has 10 atom stereocenters. The summed E-state index contributed by atoms with van der Waals surface area (Å²) in [6, 6.07) is 0. The Morgan fingerprint density at radius 2 is 1.44 bits per heavy atom. The van der Waals surface area contributed by atoms with Gasteiger partial charge in [0.2, 0.25) is 0 Å². The molecular formula is C31H42O10. The van der Waals surface area contributed by atoms with Crippen molar-refractivity contribution in [3.63, 3.8) is 0 Å². The highest BCUT2D eigenvalue weighted by atomic mass is 16.7. The minimum Gasteiger partial charge on any atom is -0.461 e. The highest BCUT2D eigenvalue weighted by Crippen LogP contribution is 2.68. The van der Waals surface area contributed by atoms with Crippen LogP contribution in [0, 0.1) is 29.1 Å². The Hall–Kier alpha value is -3.01. The zero-order valence-corrected chi connectivity index (χ0v) is 25.6. The predicted molar refractivity (Wildman–Crippen MR) is 145 cm³/mol. The van der Waals surface area contributed by atoms with Gasteiger partial charge in [-0.25, -0.2) is 4.79 Å². The van der Waals surface area contributed by atoms with Crippen LogP contribution < -0.4 is 0 Å². The predicted octanol–water partition coefficient (Wildman–Crippen LogP) is 3.64. The Morgan fingerprint density at radius 3 is 1.98 bits per heavy atom. The fourth-order valence-corrected chi connectivity index (χ4v) is 7.54. The second-order valence-corrected chi connectivity index (χ2v) is 12.8. The molecule has 0 aromatic heterocycles. The Labute approximate surface area is 241 Å². The minimum atomic E-state index is -1.32. The van der Waals surface area contributed by atoms with E-state index in [4.69, 9.17) is 23.7 Å². The standard InChI is InChI=1S/C31H42O10/c1-11-14(2)28(36)40-23-15(3)12-31-27(39-20(8)34)16(4)13-30(31,41-31)26(35)17(5)24(37-18(6)32)21-22(29(21,9)10)25(23)38-19(7)33/h11-12,16-17,21-25,27H,13H2,1-10H3/b14-11-,15-12+/t16-,17+,21-,22+,23+,24-,25-,27-,30-,31-/m0/s1. The van der Waals surface area contributed by atoms with E-state index in [-0.39, 0.29) is 18.1 Å². The van der Waals surface area contributed by atoms with Crippen molar-refractivity contribution < 1.29 is 47.7 Å². The van der Waals surface area contributed by atoms with Gasteiger partial charge >= 0.3 is 23.9 Å². The molecule has 10 heteroatoms. The van der Waals surface area contributed by atoms with Crippen LogP contribution in [0.3, 0.4) is 0 Å². The van der Waals surface area contributed by atoms with Crippen LogP contribution in [0.5, 0.6) is 0 Å². The molecule has 0 bridgehead atoms. The highest BCUT2D eigenvalue weighted by molar-refractivity contribution is 5.96. The van der Waals surface area contributed by atoms with Gasteiger partial charge in [-0.2, -0.15) is 0 Å². The van der Waals surface area contributed by atoms with E-state index < -0.39 is 82.7 Å². The monoisotopic (exact) mass is 574 g/mol. The van der Waals surface area contributed by atoms with Crippen molar-refractivity contribution in [1.29, 1.82) is 0 Å². The Balaban J connectivity index is 1.95. The van der Waals surface area contributed by atoms with Crippen molar-refractivity contribution >= 4 is 29.7 Å². The first-order valence-electron chi connectivity index (χ1n) is 14.2. The number of rotatable bonds is 5. The van der Waals surface area contributed by atoms with E-state index in [1.54, 1.807) is 39.8 Å². The zero-order chi connectivity index (χ0) is 30.8. The number of Topliss-reactive ketones (excluding diaryl/α,β-unsaturated/α-hetero) is 1. The second-order valence-electron chi connectivity index (χ2n) is 12.8. The van der Waals surface area contributed by atoms with E-state index in [1.807, 2.05) is 20.8 Å². The van der Waals surface area contributed by atoms with Gasteiger partial charge in [0.1, 0.15) is 18.3 Å². The molecule has 10 nitrogen and oxygen atoms in total. The van der Waals surface area contributed by atoms with Crippen molar-refractivity contribution in [2.24, 2.45) is 29.1 Å². The van der Waals surface area contributed by atoms with E-state index in [0.717, 1.165) is 0 Å². The van der Waals surface area contributed by atoms with Gasteiger partial charge in [-0.05, 0) is 50.2 Å². The number of fused-ring (bicyclic) bond motifs is 1. The molecule has 4 aliphatic rings. The van der Waals surface area contributed by atoms with E-state index in [9.17, 15) is 24.0 Å². The van der Waals surface area contributed by atoms with Crippen LogP contribution in [-0.2, 0) is 47.7 Å². The molecule has 1 aliphatic heterocycles. The first-order chi connectivity index (χ1) is 18.9. The summed E-state index contributed by atoms with van der Waals surface area (Å²) >= 11 is 0. The lowest BCUT2D eigenvalue weighted by Gasteiger charge is -2.30. The lowest BCUT2D eigenvalue weighted by Crippen LogP contribution is -2.43. The molecule has 0 unspecified atom stereocenters. The Bertz CT molecular complexity index is 1230. The zero-order valence-electron chi connectivity index (χ0n) is 25.6. The number of hydrogen-bond donors (Lipinski definition) is 0. The molecule has 226 valence electrons. The molecule has 3 aliphatic carbocycles. The highest BCUT2D eigenvalue weighted by Gasteiger charge is 2.84. The van der Waals surface area contributed by atoms with Crippen LogP contribution in [0.25, 0.3) is 0 Å². The third-order valence-corrected chi connectivity index (χ3v) is 9.57. The van der Waals surface area contributed by atoms with Crippen molar-refractivity contribution in [1.82, 2.24) is 0 Å². The van der Waals surface area contributed by atoms with Gasteiger partial charge in [0.15, 0.2) is 23.1 Å². The topological polar surface area (TPSA) is 135 Å². The number of ether oxygens (including phenoxy) is 5. The van der Waals surface area contributed by atoms with E-state index >= 15 is 0 Å². The molecule has 0 N–H and O–H groups in total. The SMILES string of the molecule is C/C=C(/C)C(=O)O[C@@H]1/C(C)=C/[C@@]23O[C@@]2(C[C@H](C)[C@@H]3OC(C)=O)C(=O)[C@H](C)[C@H](OC(C)=O)[C@@H]2[C@H]([C@@H]1OC(C)=O)C2(C)C. The normalized spacial score (nSPS) is 42.1. The van der Waals surface area contributed by atoms with Crippen molar-refractivity contribution in [2.45, 2.75) is 111 Å². The number of carbonyl (C=O) groups is 5. The van der Waals surface area contributed by atoms with Gasteiger partial charge in [-0.3, -0.25) is 19.2 Å². The van der Waals surface area contributed by atoms with Crippen LogP contribution >= 0.6 is 0 Å². The number of carbonyl (C=O) groups excluding carboxylic acids is 5. The van der Waals surface area contributed by atoms with E-state index in [2.05, 4.69) is 0 Å². The van der Waals surface area contributed by atoms with Gasteiger partial charge in [0, 0.05) is 38.2 Å². The number of ketones is 1. The quantitative estimate of drug-likeness (QED) is 0.157. The Morgan fingerprint density at radius 1 is 0.902 bits per heavy atom. The largest absolute Gasteiger partial charge is 0.461 e. The summed E-state index contributed by atoms with van der Waals surface area (Å²) in [4.78, 5) is 64.4. The number of hydrogen-bond acceptors (Lipinski definition) is 10. The molecule has 1 saturated heterocycles. The van der Waals surface area contributed by atoms with Gasteiger partial charge < -0.3 is 23.7 Å². The number of allylic oxidation sites excluding steroid dienone is 1. The summed E-state index contributed by atoms with van der Waals surface area (Å²) in [5.74, 6) is -4.30. The molecule has 0 aromatic rings. The van der Waals surface area contributed by atoms with Gasteiger partial charge in [0.25, 0.3) is 0 Å². The molecule has 0 radical (unpaired) electrons. The summed E-state index contributed by atoms with van der Waals surface area (Å²) in [5.41, 5.74) is -2.33. The maximum Gasteiger partial charge on any atom is 0.334 e. The molecule has 3 fully saturated rings. The van der Waals surface area contributed by atoms with E-state index in [0.29, 0.717) is 11.1 Å². The first kappa shape index (κ1) is 30.9. The first-order valence-corrected chi connectivity index (χ1v) is 14.2. The number of epoxide rings is 1. The van der Waals surface area contributed by atoms with Gasteiger partial charge in [-0.1, -0.05) is 33.8 Å². The fourth-order valence-electron chi connectivity index (χ4n) is 7.54. The third kappa shape index (κ3) is 4.91. The van der Waals surface area contributed by atoms with Crippen molar-refractivity contribution in [3.05, 3.63) is 23.3 Å². The summed E-state index contributed by atoms with van der Waals surface area (Å²) in [7, 11) is 0. The van der Waals surface area contributed by atoms with Gasteiger partial charge in [-0.15, -0.1) is 0 Å². The average molecular weight is 575 g/mol. The third-order valence-electron chi connectivity index (χ3n) is 9.57. The maximum absolute atomic E-state index is 14.3. The van der Waals surface area contributed by atoms with Crippen LogP contribution in [-0.4, -0.2) is 65.3 Å². The summed E-state index contributed by atoms with van der Waals surface area (Å²) in [6.45, 7) is 16.5. The maximum atomic E-state index is 14.3. The fraction of sp³-hybridized carbons (Fsp3) is 0.710. The summed E-state index contributed by atoms with van der Waals surface area (Å²) in [6.07, 6.45) is -0.0243. The summed E-state index contributed by atoms with van der Waals surface area (Å²) in [5, 5.41) is 0. The Kier molecular flexibility index (Phi) is 7.82. The van der Waals surface area contributed by atoms with Crippen LogP contribution in [0.15, 0.2) is 23.3 Å². The molecular weight excluding hydrogens is 532 g/mol. The smallest absolute Gasteiger partial charge is 0.334 e. The van der Waals surface area contributed by atoms with Gasteiger partial charge in [0.05, 0.1) is 5.92 Å². The lowest BCUT2D eigenvalue weighted by atomic mass is 9.80. The van der Waals surface area contributed by atoms with E-state index in [1.165, 1.54) is 20.8 Å². The lowest BCUT2D eigenvalue weighted by molar-refractivity contribution is -0.165.